The maximum absolute atomic E-state index is 2.36. The van der Waals surface area contributed by atoms with Crippen LogP contribution in [0, 0.1) is 27.7 Å². The summed E-state index contributed by atoms with van der Waals surface area (Å²) >= 11 is 0. The van der Waals surface area contributed by atoms with Crippen LogP contribution in [0.3, 0.4) is 0 Å². The van der Waals surface area contributed by atoms with E-state index in [4.69, 9.17) is 0 Å². The van der Waals surface area contributed by atoms with Crippen LogP contribution >= 0.6 is 0 Å². The fraction of sp³-hybridized carbons (Fsp3) is 0.316. The molecule has 21 heavy (non-hydrogen) atoms. The van der Waals surface area contributed by atoms with E-state index in [0.29, 0.717) is 0 Å². The maximum atomic E-state index is 2.36. The molecule has 3 rings (SSSR count). The Morgan fingerprint density at radius 3 is 2.14 bits per heavy atom. The monoisotopic (exact) mass is 279 g/mol. The molecule has 0 fully saturated rings. The fourth-order valence-corrected chi connectivity index (χ4v) is 3.24. The van der Waals surface area contributed by atoms with Gasteiger partial charge in [0, 0.05) is 19.2 Å². The summed E-state index contributed by atoms with van der Waals surface area (Å²) in [5, 5.41) is 0. The van der Waals surface area contributed by atoms with E-state index in [1.165, 1.54) is 39.2 Å². The summed E-state index contributed by atoms with van der Waals surface area (Å²) in [7, 11) is 2.18. The Morgan fingerprint density at radius 1 is 0.857 bits per heavy atom. The van der Waals surface area contributed by atoms with Gasteiger partial charge in [0.15, 0.2) is 6.21 Å². The molecule has 1 aliphatic heterocycles. The van der Waals surface area contributed by atoms with Crippen molar-refractivity contribution in [3.63, 3.8) is 0 Å². The Kier molecular flexibility index (Phi) is 3.32. The smallest absolute Gasteiger partial charge is 0.224 e. The Labute approximate surface area is 127 Å². The van der Waals surface area contributed by atoms with E-state index in [0.717, 1.165) is 6.67 Å². The van der Waals surface area contributed by atoms with Gasteiger partial charge in [0.05, 0.1) is 11.3 Å². The predicted octanol–water partition coefficient (Wildman–Crippen LogP) is 4.09. The number of hydrogen-bond donors (Lipinski definition) is 0. The topological polar surface area (TPSA) is 6.25 Å². The van der Waals surface area contributed by atoms with Crippen molar-refractivity contribution in [1.82, 2.24) is 0 Å². The van der Waals surface area contributed by atoms with Gasteiger partial charge in [-0.25, -0.2) is 0 Å². The molecule has 2 aromatic rings. The first-order chi connectivity index (χ1) is 10.0. The zero-order valence-electron chi connectivity index (χ0n) is 13.6. The minimum Gasteiger partial charge on any atom is -0.319 e. The molecule has 108 valence electrons. The van der Waals surface area contributed by atoms with E-state index in [1.807, 2.05) is 0 Å². The first-order valence-corrected chi connectivity index (χ1v) is 7.48. The van der Waals surface area contributed by atoms with E-state index in [2.05, 4.69) is 80.8 Å². The highest BCUT2D eigenvalue weighted by atomic mass is 15.3. The van der Waals surface area contributed by atoms with Crippen molar-refractivity contribution in [3.8, 4) is 0 Å². The third-order valence-electron chi connectivity index (χ3n) is 4.82. The lowest BCUT2D eigenvalue weighted by Crippen LogP contribution is -2.33. The van der Waals surface area contributed by atoms with Gasteiger partial charge in [-0.3, -0.25) is 0 Å². The molecule has 0 N–H and O–H groups in total. The van der Waals surface area contributed by atoms with Gasteiger partial charge in [0.2, 0.25) is 12.4 Å². The Balaban J connectivity index is 2.24. The molecule has 1 heterocycles. The van der Waals surface area contributed by atoms with Gasteiger partial charge in [-0.2, -0.15) is 4.58 Å². The second-order valence-electron chi connectivity index (χ2n) is 6.04. The van der Waals surface area contributed by atoms with Crippen LogP contribution in [0.25, 0.3) is 0 Å². The number of fused-ring (bicyclic) bond motifs is 1. The maximum Gasteiger partial charge on any atom is 0.224 e. The molecule has 0 saturated carbocycles. The molecule has 0 saturated heterocycles. The minimum absolute atomic E-state index is 0.889. The fourth-order valence-electron chi connectivity index (χ4n) is 3.24. The third kappa shape index (κ3) is 2.15. The van der Waals surface area contributed by atoms with E-state index in [1.54, 1.807) is 0 Å². The quantitative estimate of drug-likeness (QED) is 0.713. The number of anilines is 1. The highest BCUT2D eigenvalue weighted by Gasteiger charge is 2.26. The van der Waals surface area contributed by atoms with Gasteiger partial charge < -0.3 is 4.90 Å². The Morgan fingerprint density at radius 2 is 1.48 bits per heavy atom. The van der Waals surface area contributed by atoms with Gasteiger partial charge in [0.25, 0.3) is 0 Å². The summed E-state index contributed by atoms with van der Waals surface area (Å²) in [6, 6.07) is 10.6. The highest BCUT2D eigenvalue weighted by molar-refractivity contribution is 5.91. The van der Waals surface area contributed by atoms with E-state index < -0.39 is 0 Å². The molecule has 1 aliphatic rings. The molecule has 0 spiro atoms. The number of rotatable bonds is 1. The lowest BCUT2D eigenvalue weighted by Gasteiger charge is -2.28. The summed E-state index contributed by atoms with van der Waals surface area (Å²) in [5.41, 5.74) is 9.59. The summed E-state index contributed by atoms with van der Waals surface area (Å²) in [4.78, 5) is 2.36. The normalized spacial score (nSPS) is 14.0. The van der Waals surface area contributed by atoms with Crippen molar-refractivity contribution >= 4 is 17.6 Å². The molecule has 2 aromatic carbocycles. The molecule has 0 atom stereocenters. The van der Waals surface area contributed by atoms with Crippen LogP contribution in [-0.2, 0) is 0 Å². The summed E-state index contributed by atoms with van der Waals surface area (Å²) < 4.78 is 2.32. The van der Waals surface area contributed by atoms with Crippen LogP contribution in [0.1, 0.15) is 27.8 Å². The van der Waals surface area contributed by atoms with Crippen molar-refractivity contribution < 1.29 is 4.58 Å². The van der Waals surface area contributed by atoms with Gasteiger partial charge >= 0.3 is 0 Å². The molecular weight excluding hydrogens is 256 g/mol. The number of hydrogen-bond acceptors (Lipinski definition) is 1. The number of para-hydroxylation sites is 1. The summed E-state index contributed by atoms with van der Waals surface area (Å²) in [6.45, 7) is 9.82. The average Bonchev–Trinajstić information content (AvgIpc) is 2.51. The van der Waals surface area contributed by atoms with Crippen LogP contribution in [-0.4, -0.2) is 24.5 Å². The largest absolute Gasteiger partial charge is 0.319 e. The van der Waals surface area contributed by atoms with Gasteiger partial charge in [-0.15, -0.1) is 0 Å². The molecule has 2 heteroatoms. The molecular formula is C19H23N2+. The predicted molar refractivity (Wildman–Crippen MR) is 90.2 cm³/mol. The van der Waals surface area contributed by atoms with Crippen molar-refractivity contribution in [2.24, 2.45) is 0 Å². The molecule has 0 bridgehead atoms. The number of benzene rings is 2. The molecule has 0 radical (unpaired) electrons. The second-order valence-corrected chi connectivity index (χ2v) is 6.04. The lowest BCUT2D eigenvalue weighted by molar-refractivity contribution is -0.435. The summed E-state index contributed by atoms with van der Waals surface area (Å²) in [6.07, 6.45) is 2.30. The van der Waals surface area contributed by atoms with Gasteiger partial charge in [-0.05, 0) is 49.9 Å². The first kappa shape index (κ1) is 13.9. The highest BCUT2D eigenvalue weighted by Crippen LogP contribution is 2.34. The zero-order chi connectivity index (χ0) is 15.1. The molecule has 0 amide bonds. The van der Waals surface area contributed by atoms with Crippen LogP contribution in [0.2, 0.25) is 0 Å². The van der Waals surface area contributed by atoms with Crippen molar-refractivity contribution in [2.45, 2.75) is 27.7 Å². The van der Waals surface area contributed by atoms with Crippen LogP contribution in [0.5, 0.6) is 0 Å². The van der Waals surface area contributed by atoms with Crippen molar-refractivity contribution in [3.05, 3.63) is 58.1 Å². The molecule has 2 nitrogen and oxygen atoms in total. The Hall–Kier alpha value is -2.09. The van der Waals surface area contributed by atoms with Crippen LogP contribution < -0.4 is 4.90 Å². The minimum atomic E-state index is 0.889. The van der Waals surface area contributed by atoms with E-state index in [-0.39, 0.29) is 0 Å². The lowest BCUT2D eigenvalue weighted by atomic mass is 9.91. The van der Waals surface area contributed by atoms with Crippen molar-refractivity contribution in [1.29, 1.82) is 0 Å². The number of nitrogens with zero attached hydrogens (tertiary/aromatic N) is 2. The Bertz CT molecular complexity index is 727. The van der Waals surface area contributed by atoms with E-state index in [9.17, 15) is 0 Å². The molecule has 0 aromatic heterocycles. The standard InChI is InChI=1S/C19H23N2/c1-13-14(2)16(4)19-18(15(13)3)11-21(12-20(19)5)17-9-7-6-8-10-17/h6-11H,12H2,1-5H3/q+1. The van der Waals surface area contributed by atoms with E-state index >= 15 is 0 Å². The molecule has 0 aliphatic carbocycles. The zero-order valence-corrected chi connectivity index (χ0v) is 13.6. The summed E-state index contributed by atoms with van der Waals surface area (Å²) in [5.74, 6) is 0. The van der Waals surface area contributed by atoms with Crippen LogP contribution in [0.15, 0.2) is 30.3 Å². The SMILES string of the molecule is Cc1c(C)c(C)c2c(c1C)C=[N+](c1ccccc1)CN2C. The van der Waals surface area contributed by atoms with Gasteiger partial charge in [0.1, 0.15) is 0 Å². The van der Waals surface area contributed by atoms with Gasteiger partial charge in [-0.1, -0.05) is 18.2 Å². The average molecular weight is 279 g/mol. The molecule has 0 unspecified atom stereocenters. The second kappa shape index (κ2) is 5.03. The van der Waals surface area contributed by atoms with Crippen molar-refractivity contribution in [2.75, 3.05) is 18.6 Å². The van der Waals surface area contributed by atoms with Crippen LogP contribution in [0.4, 0.5) is 11.4 Å². The first-order valence-electron chi connectivity index (χ1n) is 7.48. The third-order valence-corrected chi connectivity index (χ3v) is 4.82.